The summed E-state index contributed by atoms with van der Waals surface area (Å²) in [6.07, 6.45) is 3.27. The van der Waals surface area contributed by atoms with Crippen LogP contribution < -0.4 is 5.32 Å². The van der Waals surface area contributed by atoms with Crippen molar-refractivity contribution >= 4 is 0 Å². The van der Waals surface area contributed by atoms with Crippen molar-refractivity contribution in [2.75, 3.05) is 7.05 Å². The summed E-state index contributed by atoms with van der Waals surface area (Å²) in [5.74, 6) is 0. The Labute approximate surface area is 74.7 Å². The van der Waals surface area contributed by atoms with Gasteiger partial charge in [-0.25, -0.2) is 4.68 Å². The molecular formula is C8H11F2N3. The van der Waals surface area contributed by atoms with Crippen molar-refractivity contribution in [2.45, 2.75) is 24.9 Å². The van der Waals surface area contributed by atoms with Gasteiger partial charge in [0.2, 0.25) is 0 Å². The van der Waals surface area contributed by atoms with Crippen molar-refractivity contribution < 1.29 is 8.78 Å². The monoisotopic (exact) mass is 187 g/mol. The second-order valence-electron chi connectivity index (χ2n) is 3.29. The predicted octanol–water partition coefficient (Wildman–Crippen LogP) is 1.49. The molecule has 1 fully saturated rings. The van der Waals surface area contributed by atoms with Gasteiger partial charge in [-0.3, -0.25) is 0 Å². The molecule has 0 bridgehead atoms. The highest BCUT2D eigenvalue weighted by atomic mass is 19.3. The van der Waals surface area contributed by atoms with Crippen LogP contribution in [0.15, 0.2) is 12.3 Å². The van der Waals surface area contributed by atoms with E-state index in [2.05, 4.69) is 10.4 Å². The Morgan fingerprint density at radius 3 is 2.69 bits per heavy atom. The summed E-state index contributed by atoms with van der Waals surface area (Å²) < 4.78 is 25.0. The summed E-state index contributed by atoms with van der Waals surface area (Å²) in [6.45, 7) is -2.54. The molecule has 1 heterocycles. The Bertz CT molecular complexity index is 304. The predicted molar refractivity (Wildman–Crippen MR) is 43.5 cm³/mol. The second kappa shape index (κ2) is 2.77. The van der Waals surface area contributed by atoms with E-state index in [1.54, 1.807) is 6.07 Å². The van der Waals surface area contributed by atoms with Gasteiger partial charge < -0.3 is 5.32 Å². The highest BCUT2D eigenvalue weighted by Gasteiger charge is 2.44. The average molecular weight is 187 g/mol. The molecule has 0 atom stereocenters. The molecule has 1 aliphatic rings. The number of hydrogen-bond donors (Lipinski definition) is 1. The Kier molecular flexibility index (Phi) is 1.83. The van der Waals surface area contributed by atoms with Gasteiger partial charge in [-0.15, -0.1) is 0 Å². The third-order valence-electron chi connectivity index (χ3n) is 2.53. The normalized spacial score (nSPS) is 19.4. The van der Waals surface area contributed by atoms with Crippen LogP contribution in [0.1, 0.15) is 25.1 Å². The summed E-state index contributed by atoms with van der Waals surface area (Å²) >= 11 is 0. The van der Waals surface area contributed by atoms with Crippen LogP contribution in [0, 0.1) is 0 Å². The first kappa shape index (κ1) is 8.62. The number of halogens is 2. The molecule has 0 saturated heterocycles. The van der Waals surface area contributed by atoms with Crippen LogP contribution in [0.4, 0.5) is 8.78 Å². The van der Waals surface area contributed by atoms with E-state index < -0.39 is 6.55 Å². The topological polar surface area (TPSA) is 29.9 Å². The third kappa shape index (κ3) is 1.33. The fourth-order valence-electron chi connectivity index (χ4n) is 1.46. The van der Waals surface area contributed by atoms with Crippen molar-refractivity contribution in [3.63, 3.8) is 0 Å². The Hall–Kier alpha value is -0.970. The van der Waals surface area contributed by atoms with Gasteiger partial charge in [-0.05, 0) is 26.0 Å². The van der Waals surface area contributed by atoms with Gasteiger partial charge in [0.25, 0.3) is 0 Å². The van der Waals surface area contributed by atoms with Gasteiger partial charge in [0.1, 0.15) is 0 Å². The largest absolute Gasteiger partial charge is 0.333 e. The quantitative estimate of drug-likeness (QED) is 0.776. The first-order chi connectivity index (χ1) is 6.18. The number of hydrogen-bond acceptors (Lipinski definition) is 2. The number of nitrogens with zero attached hydrogens (tertiary/aromatic N) is 2. The van der Waals surface area contributed by atoms with Crippen molar-refractivity contribution in [3.05, 3.63) is 18.0 Å². The minimum Gasteiger partial charge on any atom is -0.309 e. The van der Waals surface area contributed by atoms with E-state index in [9.17, 15) is 8.78 Å². The average Bonchev–Trinajstić information content (AvgIpc) is 2.75. The fourth-order valence-corrected chi connectivity index (χ4v) is 1.46. The minimum atomic E-state index is -2.54. The Morgan fingerprint density at radius 1 is 1.62 bits per heavy atom. The van der Waals surface area contributed by atoms with Crippen LogP contribution in [0.5, 0.6) is 0 Å². The smallest absolute Gasteiger partial charge is 0.309 e. The Balaban J connectivity index is 2.23. The molecule has 0 spiro atoms. The maximum absolute atomic E-state index is 12.2. The van der Waals surface area contributed by atoms with Gasteiger partial charge >= 0.3 is 6.55 Å². The summed E-state index contributed by atoms with van der Waals surface area (Å²) in [6, 6.07) is 1.65. The van der Waals surface area contributed by atoms with Crippen molar-refractivity contribution in [3.8, 4) is 0 Å². The molecule has 0 radical (unpaired) electrons. The van der Waals surface area contributed by atoms with Crippen molar-refractivity contribution in [1.29, 1.82) is 0 Å². The lowest BCUT2D eigenvalue weighted by Crippen LogP contribution is -2.25. The van der Waals surface area contributed by atoms with Crippen LogP contribution >= 0.6 is 0 Å². The van der Waals surface area contributed by atoms with Crippen LogP contribution in [-0.4, -0.2) is 16.8 Å². The molecule has 0 aromatic carbocycles. The molecule has 0 aliphatic heterocycles. The summed E-state index contributed by atoms with van der Waals surface area (Å²) in [7, 11) is 1.83. The molecule has 13 heavy (non-hydrogen) atoms. The molecular weight excluding hydrogens is 176 g/mol. The van der Waals surface area contributed by atoms with E-state index in [0.717, 1.165) is 18.5 Å². The lowest BCUT2D eigenvalue weighted by molar-refractivity contribution is 0.0559. The van der Waals surface area contributed by atoms with E-state index >= 15 is 0 Å². The van der Waals surface area contributed by atoms with E-state index in [-0.39, 0.29) is 5.54 Å². The van der Waals surface area contributed by atoms with Crippen molar-refractivity contribution in [2.24, 2.45) is 0 Å². The molecule has 0 unspecified atom stereocenters. The lowest BCUT2D eigenvalue weighted by atomic mass is 10.2. The molecule has 1 aromatic heterocycles. The third-order valence-corrected chi connectivity index (χ3v) is 2.53. The molecule has 1 N–H and O–H groups in total. The first-order valence-corrected chi connectivity index (χ1v) is 4.21. The molecule has 3 nitrogen and oxygen atoms in total. The van der Waals surface area contributed by atoms with E-state index in [4.69, 9.17) is 0 Å². The maximum Gasteiger partial charge on any atom is 0.333 e. The highest BCUT2D eigenvalue weighted by Crippen LogP contribution is 2.44. The number of aromatic nitrogens is 2. The summed E-state index contributed by atoms with van der Waals surface area (Å²) in [5, 5.41) is 6.92. The number of rotatable bonds is 3. The number of nitrogens with one attached hydrogen (secondary N) is 1. The summed E-state index contributed by atoms with van der Waals surface area (Å²) in [5.41, 5.74) is 0.593. The van der Waals surface area contributed by atoms with Gasteiger partial charge in [0, 0.05) is 6.20 Å². The zero-order valence-electron chi connectivity index (χ0n) is 7.30. The van der Waals surface area contributed by atoms with Crippen LogP contribution in [0.3, 0.4) is 0 Å². The van der Waals surface area contributed by atoms with Crippen LogP contribution in [-0.2, 0) is 5.54 Å². The fraction of sp³-hybridized carbons (Fsp3) is 0.625. The van der Waals surface area contributed by atoms with Gasteiger partial charge in [-0.2, -0.15) is 13.9 Å². The molecule has 0 amide bonds. The standard InChI is InChI=1S/C8H11F2N3/c1-11-8(3-4-8)6-2-5-13(12-6)7(9)10/h2,5,7,11H,3-4H2,1H3. The zero-order valence-corrected chi connectivity index (χ0v) is 7.30. The van der Waals surface area contributed by atoms with Gasteiger partial charge in [-0.1, -0.05) is 0 Å². The van der Waals surface area contributed by atoms with Crippen LogP contribution in [0.25, 0.3) is 0 Å². The second-order valence-corrected chi connectivity index (χ2v) is 3.29. The lowest BCUT2D eigenvalue weighted by Gasteiger charge is -2.09. The summed E-state index contributed by atoms with van der Waals surface area (Å²) in [4.78, 5) is 0. The molecule has 1 saturated carbocycles. The zero-order chi connectivity index (χ0) is 9.47. The molecule has 72 valence electrons. The molecule has 5 heteroatoms. The molecule has 2 rings (SSSR count). The van der Waals surface area contributed by atoms with E-state index in [1.807, 2.05) is 7.05 Å². The van der Waals surface area contributed by atoms with Crippen LogP contribution in [0.2, 0.25) is 0 Å². The molecule has 1 aromatic rings. The molecule has 1 aliphatic carbocycles. The minimum absolute atomic E-state index is 0.125. The Morgan fingerprint density at radius 2 is 2.31 bits per heavy atom. The van der Waals surface area contributed by atoms with E-state index in [0.29, 0.717) is 4.68 Å². The van der Waals surface area contributed by atoms with Gasteiger partial charge in [0.15, 0.2) is 0 Å². The van der Waals surface area contributed by atoms with E-state index in [1.165, 1.54) is 6.20 Å². The SMILES string of the molecule is CNC1(c2ccn(C(F)F)n2)CC1. The van der Waals surface area contributed by atoms with Crippen molar-refractivity contribution in [1.82, 2.24) is 15.1 Å². The maximum atomic E-state index is 12.2. The first-order valence-electron chi connectivity index (χ1n) is 4.21. The highest BCUT2D eigenvalue weighted by molar-refractivity contribution is 5.21. The van der Waals surface area contributed by atoms with Gasteiger partial charge in [0.05, 0.1) is 11.2 Å². The number of alkyl halides is 2.